The maximum absolute atomic E-state index is 13.2. The maximum Gasteiger partial charge on any atom is 0.251 e. The largest absolute Gasteiger partial charge is 0.345 e. The van der Waals surface area contributed by atoms with Crippen molar-refractivity contribution >= 4 is 15.9 Å². The van der Waals surface area contributed by atoms with Crippen molar-refractivity contribution in [2.75, 3.05) is 13.1 Å². The van der Waals surface area contributed by atoms with E-state index in [2.05, 4.69) is 5.32 Å². The fraction of sp³-hybridized carbons (Fsp3) is 0.381. The molecule has 1 atom stereocenters. The van der Waals surface area contributed by atoms with Gasteiger partial charge in [-0.05, 0) is 60.7 Å². The van der Waals surface area contributed by atoms with Crippen LogP contribution in [-0.2, 0) is 10.0 Å². The first-order valence-corrected chi connectivity index (χ1v) is 10.9. The van der Waals surface area contributed by atoms with Crippen LogP contribution in [0.25, 0.3) is 0 Å². The Hall–Kier alpha value is -2.25. The first-order chi connectivity index (χ1) is 13.3. The monoisotopic (exact) mass is 404 g/mol. The van der Waals surface area contributed by atoms with E-state index in [1.54, 1.807) is 12.1 Å². The van der Waals surface area contributed by atoms with Crippen molar-refractivity contribution in [3.8, 4) is 0 Å². The second-order valence-corrected chi connectivity index (χ2v) is 9.32. The van der Waals surface area contributed by atoms with E-state index >= 15 is 0 Å². The number of nitrogens with one attached hydrogen (secondary N) is 1. The van der Waals surface area contributed by atoms with Crippen LogP contribution < -0.4 is 5.32 Å². The molecule has 0 unspecified atom stereocenters. The normalized spacial score (nSPS) is 16.3. The summed E-state index contributed by atoms with van der Waals surface area (Å²) < 4.78 is 39.8. The Bertz CT molecular complexity index is 919. The van der Waals surface area contributed by atoms with Gasteiger partial charge < -0.3 is 5.32 Å². The van der Waals surface area contributed by atoms with Crippen LogP contribution >= 0.6 is 0 Å². The predicted octanol–water partition coefficient (Wildman–Crippen LogP) is 3.74. The third kappa shape index (κ3) is 4.42. The molecule has 0 aromatic heterocycles. The number of halogens is 1. The average molecular weight is 405 g/mol. The van der Waals surface area contributed by atoms with Gasteiger partial charge in [-0.1, -0.05) is 26.0 Å². The minimum Gasteiger partial charge on any atom is -0.345 e. The third-order valence-electron chi connectivity index (χ3n) is 5.00. The van der Waals surface area contributed by atoms with Crippen molar-refractivity contribution < 1.29 is 17.6 Å². The molecule has 0 saturated carbocycles. The topological polar surface area (TPSA) is 66.5 Å². The van der Waals surface area contributed by atoms with Crippen molar-refractivity contribution in [1.29, 1.82) is 0 Å². The highest BCUT2D eigenvalue weighted by atomic mass is 32.2. The number of carbonyl (C=O) groups excluding carboxylic acids is 1. The molecule has 2 aromatic carbocycles. The fourth-order valence-electron chi connectivity index (χ4n) is 3.39. The smallest absolute Gasteiger partial charge is 0.251 e. The minimum atomic E-state index is -3.50. The SMILES string of the molecule is CC(C)[C@@H](NC(=O)c1ccc(S(=O)(=O)N2CCCC2)cc1)c1ccc(F)cc1. The van der Waals surface area contributed by atoms with E-state index in [-0.39, 0.29) is 28.6 Å². The van der Waals surface area contributed by atoms with Gasteiger partial charge >= 0.3 is 0 Å². The summed E-state index contributed by atoms with van der Waals surface area (Å²) in [4.78, 5) is 12.9. The summed E-state index contributed by atoms with van der Waals surface area (Å²) in [6.45, 7) is 5.02. The van der Waals surface area contributed by atoms with Crippen LogP contribution in [-0.4, -0.2) is 31.7 Å². The van der Waals surface area contributed by atoms with E-state index in [9.17, 15) is 17.6 Å². The molecule has 0 aliphatic carbocycles. The van der Waals surface area contributed by atoms with Gasteiger partial charge in [0.2, 0.25) is 10.0 Å². The van der Waals surface area contributed by atoms with Crippen LogP contribution in [0.3, 0.4) is 0 Å². The third-order valence-corrected chi connectivity index (χ3v) is 6.91. The molecular weight excluding hydrogens is 379 g/mol. The molecule has 7 heteroatoms. The molecule has 5 nitrogen and oxygen atoms in total. The Labute approximate surface area is 165 Å². The zero-order chi connectivity index (χ0) is 20.3. The number of rotatable bonds is 6. The van der Waals surface area contributed by atoms with Crippen LogP contribution in [0.1, 0.15) is 48.7 Å². The van der Waals surface area contributed by atoms with Gasteiger partial charge in [-0.25, -0.2) is 12.8 Å². The van der Waals surface area contributed by atoms with Gasteiger partial charge in [0.1, 0.15) is 5.82 Å². The molecule has 0 spiro atoms. The van der Waals surface area contributed by atoms with E-state index in [0.29, 0.717) is 18.7 Å². The summed E-state index contributed by atoms with van der Waals surface area (Å²) in [5, 5.41) is 2.96. The summed E-state index contributed by atoms with van der Waals surface area (Å²) in [5.41, 5.74) is 1.20. The van der Waals surface area contributed by atoms with Crippen molar-refractivity contribution in [3.63, 3.8) is 0 Å². The number of amides is 1. The molecule has 1 saturated heterocycles. The first kappa shape index (κ1) is 20.5. The molecule has 1 aliphatic heterocycles. The highest BCUT2D eigenvalue weighted by Gasteiger charge is 2.27. The lowest BCUT2D eigenvalue weighted by atomic mass is 9.95. The van der Waals surface area contributed by atoms with E-state index in [1.165, 1.54) is 40.7 Å². The Morgan fingerprint density at radius 3 is 2.11 bits per heavy atom. The Balaban J connectivity index is 1.75. The number of nitrogens with zero attached hydrogens (tertiary/aromatic N) is 1. The molecule has 1 heterocycles. The molecule has 2 aromatic rings. The first-order valence-electron chi connectivity index (χ1n) is 9.45. The molecule has 1 aliphatic rings. The molecule has 1 fully saturated rings. The summed E-state index contributed by atoms with van der Waals surface area (Å²) in [6, 6.07) is 11.8. The Morgan fingerprint density at radius 2 is 1.57 bits per heavy atom. The number of carbonyl (C=O) groups is 1. The zero-order valence-electron chi connectivity index (χ0n) is 16.1. The molecule has 150 valence electrons. The summed E-state index contributed by atoms with van der Waals surface area (Å²) in [6.07, 6.45) is 1.75. The van der Waals surface area contributed by atoms with Gasteiger partial charge in [0.05, 0.1) is 10.9 Å². The molecule has 28 heavy (non-hydrogen) atoms. The van der Waals surface area contributed by atoms with Crippen molar-refractivity contribution in [2.24, 2.45) is 5.92 Å². The highest BCUT2D eigenvalue weighted by Crippen LogP contribution is 2.24. The molecule has 1 amide bonds. The van der Waals surface area contributed by atoms with Gasteiger partial charge in [-0.3, -0.25) is 4.79 Å². The average Bonchev–Trinajstić information content (AvgIpc) is 3.22. The quantitative estimate of drug-likeness (QED) is 0.798. The molecule has 0 radical (unpaired) electrons. The van der Waals surface area contributed by atoms with Gasteiger partial charge in [0.15, 0.2) is 0 Å². The van der Waals surface area contributed by atoms with Crippen LogP contribution in [0.4, 0.5) is 4.39 Å². The van der Waals surface area contributed by atoms with Gasteiger partial charge in [0, 0.05) is 18.7 Å². The van der Waals surface area contributed by atoms with E-state index in [0.717, 1.165) is 18.4 Å². The molecule has 3 rings (SSSR count). The maximum atomic E-state index is 13.2. The van der Waals surface area contributed by atoms with E-state index in [1.807, 2.05) is 13.8 Å². The zero-order valence-corrected chi connectivity index (χ0v) is 16.9. The summed E-state index contributed by atoms with van der Waals surface area (Å²) in [7, 11) is -3.50. The van der Waals surface area contributed by atoms with Crippen molar-refractivity contribution in [3.05, 3.63) is 65.5 Å². The number of hydrogen-bond donors (Lipinski definition) is 1. The minimum absolute atomic E-state index is 0.101. The van der Waals surface area contributed by atoms with Crippen LogP contribution in [0.15, 0.2) is 53.4 Å². The predicted molar refractivity (Wildman–Crippen MR) is 106 cm³/mol. The lowest BCUT2D eigenvalue weighted by Crippen LogP contribution is -2.32. The van der Waals surface area contributed by atoms with Crippen LogP contribution in [0, 0.1) is 11.7 Å². The number of sulfonamides is 1. The van der Waals surface area contributed by atoms with Gasteiger partial charge in [0.25, 0.3) is 5.91 Å². The van der Waals surface area contributed by atoms with Crippen LogP contribution in [0.5, 0.6) is 0 Å². The second-order valence-electron chi connectivity index (χ2n) is 7.38. The standard InChI is InChI=1S/C21H25FN2O3S/c1-15(2)20(16-5-9-18(22)10-6-16)23-21(25)17-7-11-19(12-8-17)28(26,27)24-13-3-4-14-24/h5-12,15,20H,3-4,13-14H2,1-2H3,(H,23,25)/t20-/m1/s1. The molecule has 1 N–H and O–H groups in total. The lowest BCUT2D eigenvalue weighted by molar-refractivity contribution is 0.0925. The fourth-order valence-corrected chi connectivity index (χ4v) is 4.90. The number of benzene rings is 2. The van der Waals surface area contributed by atoms with E-state index < -0.39 is 10.0 Å². The van der Waals surface area contributed by atoms with Crippen molar-refractivity contribution in [2.45, 2.75) is 37.6 Å². The van der Waals surface area contributed by atoms with Gasteiger partial charge in [-0.2, -0.15) is 4.31 Å². The van der Waals surface area contributed by atoms with Crippen molar-refractivity contribution in [1.82, 2.24) is 9.62 Å². The molecular formula is C21H25FN2O3S. The second kappa shape index (κ2) is 8.41. The number of hydrogen-bond acceptors (Lipinski definition) is 3. The Kier molecular flexibility index (Phi) is 6.15. The summed E-state index contributed by atoms with van der Waals surface area (Å²) in [5.74, 6) is -0.523. The lowest BCUT2D eigenvalue weighted by Gasteiger charge is -2.23. The van der Waals surface area contributed by atoms with Crippen LogP contribution in [0.2, 0.25) is 0 Å². The highest BCUT2D eigenvalue weighted by molar-refractivity contribution is 7.89. The van der Waals surface area contributed by atoms with Gasteiger partial charge in [-0.15, -0.1) is 0 Å². The van der Waals surface area contributed by atoms with E-state index in [4.69, 9.17) is 0 Å². The molecule has 0 bridgehead atoms. The summed E-state index contributed by atoms with van der Waals surface area (Å²) >= 11 is 0. The Morgan fingerprint density at radius 1 is 1.00 bits per heavy atom.